The molecule has 0 aliphatic carbocycles. The second kappa shape index (κ2) is 5.04. The van der Waals surface area contributed by atoms with Crippen LogP contribution in [0.25, 0.3) is 0 Å². The fourth-order valence-electron chi connectivity index (χ4n) is 0.378. The highest BCUT2D eigenvalue weighted by Gasteiger charge is 2.01. The first-order valence-electron chi connectivity index (χ1n) is 3.05. The lowest BCUT2D eigenvalue weighted by atomic mass is 10.7. The number of hydrogen-bond donors (Lipinski definition) is 3. The summed E-state index contributed by atoms with van der Waals surface area (Å²) in [5.74, 6) is -0.899. The second-order valence-electron chi connectivity index (χ2n) is 2.02. The van der Waals surface area contributed by atoms with Crippen molar-refractivity contribution in [3.63, 3.8) is 0 Å². The van der Waals surface area contributed by atoms with E-state index in [2.05, 4.69) is 15.5 Å². The first kappa shape index (κ1) is 11.3. The number of carbonyl (C=O) groups is 1. The number of hydrogen-bond acceptors (Lipinski definition) is 5. The number of nitrogens with one attached hydrogen (secondary N) is 1. The molecular formula is C4H11N3O4S. The van der Waals surface area contributed by atoms with Gasteiger partial charge in [-0.1, -0.05) is 0 Å². The minimum absolute atomic E-state index is 0.0200. The maximum absolute atomic E-state index is 10.3. The molecule has 1 amide bonds. The van der Waals surface area contributed by atoms with Gasteiger partial charge in [-0.2, -0.15) is 0 Å². The number of hydroxylamine groups is 1. The number of primary sulfonamides is 1. The van der Waals surface area contributed by atoms with Gasteiger partial charge in [0.1, 0.15) is 6.61 Å². The van der Waals surface area contributed by atoms with Crippen LogP contribution in [0.4, 0.5) is 0 Å². The van der Waals surface area contributed by atoms with Crippen molar-refractivity contribution < 1.29 is 18.0 Å². The van der Waals surface area contributed by atoms with Gasteiger partial charge < -0.3 is 5.73 Å². The van der Waals surface area contributed by atoms with Gasteiger partial charge in [0, 0.05) is 6.54 Å². The third-order valence-corrected chi connectivity index (χ3v) is 1.58. The average molecular weight is 197 g/mol. The molecule has 5 N–H and O–H groups in total. The Kier molecular flexibility index (Phi) is 4.74. The Balaban J connectivity index is 3.29. The molecule has 0 aliphatic heterocycles. The SMILES string of the molecule is NC(=O)CONCCS(N)(=O)=O. The Bertz CT molecular complexity index is 237. The van der Waals surface area contributed by atoms with E-state index < -0.39 is 15.9 Å². The van der Waals surface area contributed by atoms with Gasteiger partial charge in [0.15, 0.2) is 0 Å². The van der Waals surface area contributed by atoms with Gasteiger partial charge in [-0.15, -0.1) is 0 Å². The molecule has 0 unspecified atom stereocenters. The largest absolute Gasteiger partial charge is 0.368 e. The minimum atomic E-state index is -3.48. The standard InChI is InChI=1S/C4H11N3O4S/c5-4(8)3-11-7-1-2-12(6,9)10/h7H,1-3H2,(H2,5,8)(H2,6,9,10). The van der Waals surface area contributed by atoms with Gasteiger partial charge in [0.2, 0.25) is 15.9 Å². The van der Waals surface area contributed by atoms with E-state index in [9.17, 15) is 13.2 Å². The fourth-order valence-corrected chi connectivity index (χ4v) is 0.746. The van der Waals surface area contributed by atoms with Crippen LogP contribution < -0.4 is 16.4 Å². The summed E-state index contributed by atoms with van der Waals surface area (Å²) in [4.78, 5) is 14.5. The summed E-state index contributed by atoms with van der Waals surface area (Å²) < 4.78 is 20.6. The van der Waals surface area contributed by atoms with E-state index in [4.69, 9.17) is 5.73 Å². The molecule has 0 bridgehead atoms. The van der Waals surface area contributed by atoms with Crippen molar-refractivity contribution in [1.29, 1.82) is 0 Å². The molecule has 0 saturated heterocycles. The summed E-state index contributed by atoms with van der Waals surface area (Å²) in [6, 6.07) is 0. The first-order valence-corrected chi connectivity index (χ1v) is 4.77. The summed E-state index contributed by atoms with van der Waals surface area (Å²) in [7, 11) is -3.48. The number of primary amides is 1. The summed E-state index contributed by atoms with van der Waals surface area (Å²) in [6.45, 7) is -0.281. The quantitative estimate of drug-likeness (QED) is 0.315. The van der Waals surface area contributed by atoms with E-state index >= 15 is 0 Å². The van der Waals surface area contributed by atoms with Crippen molar-refractivity contribution in [3.05, 3.63) is 0 Å². The lowest BCUT2D eigenvalue weighted by molar-refractivity contribution is -0.125. The van der Waals surface area contributed by atoms with Gasteiger partial charge in [0.25, 0.3) is 0 Å². The zero-order valence-corrected chi connectivity index (χ0v) is 7.13. The predicted octanol–water partition coefficient (Wildman–Crippen LogP) is -2.72. The van der Waals surface area contributed by atoms with Crippen molar-refractivity contribution in [2.24, 2.45) is 10.9 Å². The molecule has 0 saturated carbocycles. The van der Waals surface area contributed by atoms with Crippen molar-refractivity contribution >= 4 is 15.9 Å². The molecule has 0 spiro atoms. The molecule has 0 aliphatic rings. The molecule has 7 nitrogen and oxygen atoms in total. The Morgan fingerprint density at radius 3 is 2.50 bits per heavy atom. The van der Waals surface area contributed by atoms with Crippen LogP contribution in [0.2, 0.25) is 0 Å². The zero-order valence-electron chi connectivity index (χ0n) is 6.32. The number of carbonyl (C=O) groups excluding carboxylic acids is 1. The third-order valence-electron chi connectivity index (χ3n) is 0.805. The van der Waals surface area contributed by atoms with Crippen molar-refractivity contribution in [3.8, 4) is 0 Å². The highest BCUT2D eigenvalue weighted by Crippen LogP contribution is 1.74. The molecule has 0 rings (SSSR count). The fraction of sp³-hybridized carbons (Fsp3) is 0.750. The maximum Gasteiger partial charge on any atom is 0.245 e. The Morgan fingerprint density at radius 2 is 2.08 bits per heavy atom. The lowest BCUT2D eigenvalue weighted by Crippen LogP contribution is -2.30. The minimum Gasteiger partial charge on any atom is -0.368 e. The molecular weight excluding hydrogens is 186 g/mol. The van der Waals surface area contributed by atoms with Crippen molar-refractivity contribution in [1.82, 2.24) is 5.48 Å². The van der Waals surface area contributed by atoms with E-state index in [1.807, 2.05) is 0 Å². The Labute approximate surface area is 70.1 Å². The molecule has 0 heterocycles. The molecule has 0 fully saturated rings. The molecule has 0 aromatic carbocycles. The molecule has 12 heavy (non-hydrogen) atoms. The number of nitrogens with two attached hydrogens (primary N) is 2. The lowest BCUT2D eigenvalue weighted by Gasteiger charge is -2.01. The van der Waals surface area contributed by atoms with Crippen LogP contribution in [0.1, 0.15) is 0 Å². The molecule has 0 aromatic rings. The van der Waals surface area contributed by atoms with Gasteiger partial charge in [-0.05, 0) is 0 Å². The van der Waals surface area contributed by atoms with Crippen LogP contribution in [0.3, 0.4) is 0 Å². The summed E-state index contributed by atoms with van der Waals surface area (Å²) in [5, 5.41) is 4.66. The number of amides is 1. The maximum atomic E-state index is 10.3. The highest BCUT2D eigenvalue weighted by molar-refractivity contribution is 7.89. The van der Waals surface area contributed by atoms with E-state index in [0.717, 1.165) is 0 Å². The van der Waals surface area contributed by atoms with Crippen molar-refractivity contribution in [2.45, 2.75) is 0 Å². The van der Waals surface area contributed by atoms with E-state index in [1.54, 1.807) is 0 Å². The van der Waals surface area contributed by atoms with Gasteiger partial charge in [-0.3, -0.25) is 9.63 Å². The summed E-state index contributed by atoms with van der Waals surface area (Å²) in [5.41, 5.74) is 6.93. The topological polar surface area (TPSA) is 125 Å². The molecule has 0 radical (unpaired) electrons. The monoisotopic (exact) mass is 197 g/mol. The molecule has 0 atom stereocenters. The molecule has 8 heteroatoms. The second-order valence-corrected chi connectivity index (χ2v) is 3.75. The van der Waals surface area contributed by atoms with Crippen LogP contribution in [0.5, 0.6) is 0 Å². The Hall–Kier alpha value is -0.700. The normalized spacial score (nSPS) is 11.4. The summed E-state index contributed by atoms with van der Waals surface area (Å²) in [6.07, 6.45) is 0. The van der Waals surface area contributed by atoms with Crippen LogP contribution in [-0.4, -0.2) is 33.2 Å². The predicted molar refractivity (Wildman–Crippen MR) is 41.1 cm³/mol. The first-order chi connectivity index (χ1) is 5.42. The van der Waals surface area contributed by atoms with Crippen LogP contribution in [0, 0.1) is 0 Å². The number of sulfonamides is 1. The average Bonchev–Trinajstić information content (AvgIpc) is 1.83. The highest BCUT2D eigenvalue weighted by atomic mass is 32.2. The van der Waals surface area contributed by atoms with E-state index in [-0.39, 0.29) is 18.9 Å². The van der Waals surface area contributed by atoms with E-state index in [0.29, 0.717) is 0 Å². The van der Waals surface area contributed by atoms with Crippen LogP contribution in [0.15, 0.2) is 0 Å². The summed E-state index contributed by atoms with van der Waals surface area (Å²) >= 11 is 0. The van der Waals surface area contributed by atoms with Crippen molar-refractivity contribution in [2.75, 3.05) is 18.9 Å². The Morgan fingerprint density at radius 1 is 1.50 bits per heavy atom. The zero-order chi connectivity index (χ0) is 9.61. The van der Waals surface area contributed by atoms with E-state index in [1.165, 1.54) is 0 Å². The molecule has 72 valence electrons. The van der Waals surface area contributed by atoms with Gasteiger partial charge in [0.05, 0.1) is 5.75 Å². The third kappa shape index (κ3) is 9.30. The van der Waals surface area contributed by atoms with Crippen LogP contribution in [-0.2, 0) is 19.7 Å². The number of rotatable bonds is 6. The van der Waals surface area contributed by atoms with Gasteiger partial charge in [-0.25, -0.2) is 19.0 Å². The van der Waals surface area contributed by atoms with Crippen LogP contribution >= 0.6 is 0 Å². The van der Waals surface area contributed by atoms with Gasteiger partial charge >= 0.3 is 0 Å². The smallest absolute Gasteiger partial charge is 0.245 e. The molecule has 0 aromatic heterocycles.